The highest BCUT2D eigenvalue weighted by atomic mass is 32.1. The zero-order valence-corrected chi connectivity index (χ0v) is 11.4. The van der Waals surface area contributed by atoms with Crippen LogP contribution in [-0.4, -0.2) is 5.91 Å². The van der Waals surface area contributed by atoms with Crippen LogP contribution in [0.4, 0.5) is 0 Å². The average Bonchev–Trinajstić information content (AvgIpc) is 2.97. The zero-order valence-electron chi connectivity index (χ0n) is 10.6. The van der Waals surface area contributed by atoms with Crippen LogP contribution in [0.3, 0.4) is 0 Å². The standard InChI is InChI=1S/C15H12N2O2S/c16-14-12(8-10-4-1-2-6-13(10)19-14)15(18)17-9-11-5-3-7-20-11/h1-8,16H,9H2,(H,17,18). The minimum absolute atomic E-state index is 0.118. The molecule has 1 amide bonds. The second kappa shape index (κ2) is 5.30. The topological polar surface area (TPSA) is 66.1 Å². The third-order valence-corrected chi connectivity index (χ3v) is 3.80. The summed E-state index contributed by atoms with van der Waals surface area (Å²) < 4.78 is 5.36. The van der Waals surface area contributed by atoms with Gasteiger partial charge in [-0.1, -0.05) is 24.3 Å². The van der Waals surface area contributed by atoms with Crippen molar-refractivity contribution in [2.75, 3.05) is 0 Å². The van der Waals surface area contributed by atoms with Crippen molar-refractivity contribution in [2.45, 2.75) is 6.54 Å². The molecule has 2 heterocycles. The first-order chi connectivity index (χ1) is 9.74. The predicted octanol–water partition coefficient (Wildman–Crippen LogP) is 2.90. The molecule has 0 unspecified atom stereocenters. The normalized spacial score (nSPS) is 10.6. The summed E-state index contributed by atoms with van der Waals surface area (Å²) in [6.45, 7) is 0.461. The number of benzene rings is 1. The highest BCUT2D eigenvalue weighted by Gasteiger charge is 2.11. The number of amides is 1. The molecular weight excluding hydrogens is 272 g/mol. The molecule has 0 aliphatic heterocycles. The zero-order chi connectivity index (χ0) is 13.9. The molecule has 0 radical (unpaired) electrons. The van der Waals surface area contributed by atoms with Crippen LogP contribution in [-0.2, 0) is 6.54 Å². The molecule has 2 aromatic heterocycles. The molecule has 0 fully saturated rings. The minimum atomic E-state index is -0.294. The van der Waals surface area contributed by atoms with Crippen molar-refractivity contribution in [3.63, 3.8) is 0 Å². The van der Waals surface area contributed by atoms with Crippen molar-refractivity contribution in [1.82, 2.24) is 5.32 Å². The van der Waals surface area contributed by atoms with Gasteiger partial charge < -0.3 is 9.73 Å². The Morgan fingerprint density at radius 3 is 2.90 bits per heavy atom. The maximum absolute atomic E-state index is 12.1. The van der Waals surface area contributed by atoms with Crippen LogP contribution >= 0.6 is 11.3 Å². The fourth-order valence-corrected chi connectivity index (χ4v) is 2.57. The number of carbonyl (C=O) groups is 1. The molecule has 0 aliphatic rings. The van der Waals surface area contributed by atoms with Crippen molar-refractivity contribution >= 4 is 28.2 Å². The van der Waals surface area contributed by atoms with E-state index in [0.29, 0.717) is 12.1 Å². The average molecular weight is 284 g/mol. The lowest BCUT2D eigenvalue weighted by molar-refractivity contribution is 0.0947. The Hall–Kier alpha value is -2.40. The van der Waals surface area contributed by atoms with E-state index in [9.17, 15) is 4.79 Å². The van der Waals surface area contributed by atoms with Gasteiger partial charge in [-0.3, -0.25) is 10.2 Å². The minimum Gasteiger partial charge on any atom is -0.438 e. The number of hydrogen-bond acceptors (Lipinski definition) is 4. The summed E-state index contributed by atoms with van der Waals surface area (Å²) in [5, 5.41) is 13.4. The first-order valence-electron chi connectivity index (χ1n) is 6.12. The molecule has 4 nitrogen and oxygen atoms in total. The van der Waals surface area contributed by atoms with Crippen LogP contribution in [0.25, 0.3) is 11.0 Å². The second-order valence-electron chi connectivity index (χ2n) is 4.29. The molecule has 0 saturated carbocycles. The van der Waals surface area contributed by atoms with E-state index in [2.05, 4.69) is 5.32 Å². The number of fused-ring (bicyclic) bond motifs is 1. The molecular formula is C15H12N2O2S. The second-order valence-corrected chi connectivity index (χ2v) is 5.32. The van der Waals surface area contributed by atoms with Gasteiger partial charge in [-0.15, -0.1) is 11.3 Å². The summed E-state index contributed by atoms with van der Waals surface area (Å²) in [6.07, 6.45) is 0. The molecule has 0 spiro atoms. The molecule has 0 atom stereocenters. The lowest BCUT2D eigenvalue weighted by Crippen LogP contribution is -2.27. The maximum Gasteiger partial charge on any atom is 0.257 e. The van der Waals surface area contributed by atoms with E-state index >= 15 is 0 Å². The van der Waals surface area contributed by atoms with Gasteiger partial charge in [-0.05, 0) is 23.6 Å². The number of carbonyl (C=O) groups excluding carboxylic acids is 1. The molecule has 20 heavy (non-hydrogen) atoms. The number of thiophene rings is 1. The molecule has 1 aromatic carbocycles. The first-order valence-corrected chi connectivity index (χ1v) is 7.00. The summed E-state index contributed by atoms with van der Waals surface area (Å²) in [7, 11) is 0. The van der Waals surface area contributed by atoms with Gasteiger partial charge in [-0.2, -0.15) is 0 Å². The van der Waals surface area contributed by atoms with E-state index in [4.69, 9.17) is 9.83 Å². The van der Waals surface area contributed by atoms with Crippen molar-refractivity contribution in [2.24, 2.45) is 0 Å². The van der Waals surface area contributed by atoms with Crippen LogP contribution in [0.5, 0.6) is 0 Å². The van der Waals surface area contributed by atoms with Crippen molar-refractivity contribution in [3.8, 4) is 0 Å². The van der Waals surface area contributed by atoms with Crippen LogP contribution in [0.2, 0.25) is 0 Å². The van der Waals surface area contributed by atoms with Crippen LogP contribution in [0.1, 0.15) is 15.2 Å². The van der Waals surface area contributed by atoms with Gasteiger partial charge >= 0.3 is 0 Å². The Balaban J connectivity index is 1.87. The van der Waals surface area contributed by atoms with Gasteiger partial charge in [0.25, 0.3) is 5.91 Å². The van der Waals surface area contributed by atoms with Gasteiger partial charge in [-0.25, -0.2) is 0 Å². The summed E-state index contributed by atoms with van der Waals surface area (Å²) in [6, 6.07) is 12.9. The largest absolute Gasteiger partial charge is 0.438 e. The number of rotatable bonds is 3. The fraction of sp³-hybridized carbons (Fsp3) is 0.0667. The summed E-state index contributed by atoms with van der Waals surface area (Å²) in [5.74, 6) is -0.294. The smallest absolute Gasteiger partial charge is 0.257 e. The van der Waals surface area contributed by atoms with E-state index < -0.39 is 0 Å². The molecule has 3 rings (SSSR count). The van der Waals surface area contributed by atoms with Crippen molar-refractivity contribution < 1.29 is 9.21 Å². The van der Waals surface area contributed by atoms with Gasteiger partial charge in [0.15, 0.2) is 0 Å². The number of hydrogen-bond donors (Lipinski definition) is 2. The number of nitrogens with one attached hydrogen (secondary N) is 2. The van der Waals surface area contributed by atoms with E-state index in [1.165, 1.54) is 0 Å². The van der Waals surface area contributed by atoms with Crippen LogP contribution in [0, 0.1) is 5.41 Å². The maximum atomic E-state index is 12.1. The SMILES string of the molecule is N=c1oc2ccccc2cc1C(=O)NCc1cccs1. The van der Waals surface area contributed by atoms with E-state index in [1.54, 1.807) is 23.5 Å². The van der Waals surface area contributed by atoms with E-state index in [-0.39, 0.29) is 17.0 Å². The Bertz CT molecular complexity index is 806. The third-order valence-electron chi connectivity index (χ3n) is 2.92. The molecule has 0 saturated heterocycles. The van der Waals surface area contributed by atoms with E-state index in [1.807, 2.05) is 35.7 Å². The highest BCUT2D eigenvalue weighted by molar-refractivity contribution is 7.09. The molecule has 0 bridgehead atoms. The van der Waals surface area contributed by atoms with Gasteiger partial charge in [0, 0.05) is 10.3 Å². The van der Waals surface area contributed by atoms with Crippen molar-refractivity contribution in [1.29, 1.82) is 5.41 Å². The lowest BCUT2D eigenvalue weighted by atomic mass is 10.2. The molecule has 100 valence electrons. The predicted molar refractivity (Wildman–Crippen MR) is 77.6 cm³/mol. The fourth-order valence-electron chi connectivity index (χ4n) is 1.92. The monoisotopic (exact) mass is 284 g/mol. The quantitative estimate of drug-likeness (QED) is 0.776. The van der Waals surface area contributed by atoms with Gasteiger partial charge in [0.05, 0.1) is 6.54 Å². The Labute approximate surface area is 119 Å². The Kier molecular flexibility index (Phi) is 3.35. The van der Waals surface area contributed by atoms with Crippen molar-refractivity contribution in [3.05, 3.63) is 63.8 Å². The summed E-state index contributed by atoms with van der Waals surface area (Å²) in [4.78, 5) is 13.2. The lowest BCUT2D eigenvalue weighted by Gasteiger charge is -2.05. The molecule has 5 heteroatoms. The molecule has 2 N–H and O–H groups in total. The third kappa shape index (κ3) is 2.48. The van der Waals surface area contributed by atoms with Crippen LogP contribution in [0.15, 0.2) is 52.3 Å². The first kappa shape index (κ1) is 12.6. The Morgan fingerprint density at radius 1 is 1.25 bits per heavy atom. The van der Waals surface area contributed by atoms with Crippen LogP contribution < -0.4 is 10.9 Å². The molecule has 0 aliphatic carbocycles. The van der Waals surface area contributed by atoms with E-state index in [0.717, 1.165) is 10.3 Å². The summed E-state index contributed by atoms with van der Waals surface area (Å²) in [5.41, 5.74) is 0.736. The molecule has 3 aromatic rings. The highest BCUT2D eigenvalue weighted by Crippen LogP contribution is 2.13. The van der Waals surface area contributed by atoms with Gasteiger partial charge in [0.2, 0.25) is 5.55 Å². The number of para-hydroxylation sites is 1. The van der Waals surface area contributed by atoms with Gasteiger partial charge in [0.1, 0.15) is 11.1 Å². The summed E-state index contributed by atoms with van der Waals surface area (Å²) >= 11 is 1.58. The Morgan fingerprint density at radius 2 is 2.10 bits per heavy atom.